The smallest absolute Gasteiger partial charge is 0.243 e. The highest BCUT2D eigenvalue weighted by atomic mass is 35.5. The van der Waals surface area contributed by atoms with E-state index in [0.29, 0.717) is 13.1 Å². The van der Waals surface area contributed by atoms with Crippen LogP contribution in [-0.4, -0.2) is 53.6 Å². The van der Waals surface area contributed by atoms with Crippen molar-refractivity contribution < 1.29 is 21.2 Å². The zero-order chi connectivity index (χ0) is 16.1. The number of halogens is 2. The van der Waals surface area contributed by atoms with Crippen molar-refractivity contribution in [3.05, 3.63) is 24.0 Å². The molecule has 2 fully saturated rings. The lowest BCUT2D eigenvalue weighted by atomic mass is 10.0. The van der Waals surface area contributed by atoms with E-state index < -0.39 is 30.6 Å². The standard InChI is InChI=1S/C13H17FN2O4S2.ClH/c1-21(17,18)13-3-2-11(4-12(13)14)22(19,20)16-7-9-5-15-6-10(9)8-16;/h2-4,9-10,15H,5-8H2,1H3;1H/t9-,10+;. The Morgan fingerprint density at radius 3 is 2.17 bits per heavy atom. The van der Waals surface area contributed by atoms with E-state index >= 15 is 0 Å². The van der Waals surface area contributed by atoms with Gasteiger partial charge in [0, 0.05) is 19.3 Å². The lowest BCUT2D eigenvalue weighted by molar-refractivity contribution is 0.447. The fraction of sp³-hybridized carbons (Fsp3) is 0.538. The van der Waals surface area contributed by atoms with Crippen molar-refractivity contribution in [1.29, 1.82) is 0 Å². The maximum absolute atomic E-state index is 13.9. The minimum absolute atomic E-state index is 0. The van der Waals surface area contributed by atoms with Gasteiger partial charge in [0.1, 0.15) is 10.7 Å². The number of hydrogen-bond donors (Lipinski definition) is 1. The van der Waals surface area contributed by atoms with Crippen LogP contribution >= 0.6 is 12.4 Å². The number of nitrogens with zero attached hydrogens (tertiary/aromatic N) is 1. The van der Waals surface area contributed by atoms with E-state index in [-0.39, 0.29) is 29.1 Å². The molecule has 23 heavy (non-hydrogen) atoms. The van der Waals surface area contributed by atoms with Gasteiger partial charge >= 0.3 is 0 Å². The predicted octanol–water partition coefficient (Wildman–Crippen LogP) is 0.491. The minimum Gasteiger partial charge on any atom is -0.316 e. The van der Waals surface area contributed by atoms with E-state index in [4.69, 9.17) is 0 Å². The summed E-state index contributed by atoms with van der Waals surface area (Å²) in [6, 6.07) is 2.95. The van der Waals surface area contributed by atoms with Crippen molar-refractivity contribution in [3.8, 4) is 0 Å². The van der Waals surface area contributed by atoms with Crippen molar-refractivity contribution >= 4 is 32.3 Å². The summed E-state index contributed by atoms with van der Waals surface area (Å²) in [5.74, 6) is -0.463. The van der Waals surface area contributed by atoms with Crippen molar-refractivity contribution in [3.63, 3.8) is 0 Å². The molecule has 0 amide bonds. The van der Waals surface area contributed by atoms with Crippen LogP contribution in [0, 0.1) is 17.7 Å². The van der Waals surface area contributed by atoms with E-state index in [9.17, 15) is 21.2 Å². The summed E-state index contributed by atoms with van der Waals surface area (Å²) in [5.41, 5.74) is 0. The van der Waals surface area contributed by atoms with Gasteiger partial charge in [0.15, 0.2) is 9.84 Å². The van der Waals surface area contributed by atoms with Crippen molar-refractivity contribution in [2.24, 2.45) is 11.8 Å². The van der Waals surface area contributed by atoms with E-state index in [1.807, 2.05) is 0 Å². The molecule has 1 N–H and O–H groups in total. The number of benzene rings is 1. The summed E-state index contributed by atoms with van der Waals surface area (Å²) in [6.45, 7) is 2.40. The third kappa shape index (κ3) is 3.39. The van der Waals surface area contributed by atoms with Crippen LogP contribution in [0.2, 0.25) is 0 Å². The number of sulfone groups is 1. The van der Waals surface area contributed by atoms with Gasteiger partial charge in [-0.1, -0.05) is 0 Å². The van der Waals surface area contributed by atoms with Crippen LogP contribution in [-0.2, 0) is 19.9 Å². The molecule has 10 heteroatoms. The summed E-state index contributed by atoms with van der Waals surface area (Å²) < 4.78 is 63.2. The van der Waals surface area contributed by atoms with Crippen LogP contribution in [0.25, 0.3) is 0 Å². The third-order valence-corrected chi connectivity index (χ3v) is 7.25. The second kappa shape index (κ2) is 6.29. The van der Waals surface area contributed by atoms with Gasteiger partial charge in [0.2, 0.25) is 10.0 Å². The second-order valence-corrected chi connectivity index (χ2v) is 9.79. The highest BCUT2D eigenvalue weighted by molar-refractivity contribution is 7.90. The zero-order valence-electron chi connectivity index (χ0n) is 12.4. The molecule has 2 aliphatic heterocycles. The lowest BCUT2D eigenvalue weighted by Crippen LogP contribution is -2.32. The molecule has 2 aliphatic rings. The van der Waals surface area contributed by atoms with Gasteiger partial charge in [0.25, 0.3) is 0 Å². The Labute approximate surface area is 141 Å². The van der Waals surface area contributed by atoms with Crippen LogP contribution in [0.1, 0.15) is 0 Å². The topological polar surface area (TPSA) is 83.5 Å². The van der Waals surface area contributed by atoms with Crippen molar-refractivity contribution in [1.82, 2.24) is 9.62 Å². The number of rotatable bonds is 3. The summed E-state index contributed by atoms with van der Waals surface area (Å²) in [5, 5.41) is 3.22. The molecule has 0 saturated carbocycles. The molecule has 0 radical (unpaired) electrons. The number of fused-ring (bicyclic) bond motifs is 1. The monoisotopic (exact) mass is 384 g/mol. The molecule has 130 valence electrons. The van der Waals surface area contributed by atoms with E-state index in [1.54, 1.807) is 0 Å². The fourth-order valence-corrected chi connectivity index (χ4v) is 5.39. The molecule has 0 unspecified atom stereocenters. The Morgan fingerprint density at radius 1 is 1.13 bits per heavy atom. The van der Waals surface area contributed by atoms with Crippen molar-refractivity contribution in [2.45, 2.75) is 9.79 Å². The van der Waals surface area contributed by atoms with Gasteiger partial charge in [0.05, 0.1) is 4.90 Å². The first kappa shape index (κ1) is 18.6. The van der Waals surface area contributed by atoms with Gasteiger partial charge < -0.3 is 5.32 Å². The van der Waals surface area contributed by atoms with Gasteiger partial charge in [-0.3, -0.25) is 0 Å². The van der Waals surface area contributed by atoms with Crippen LogP contribution in [0.4, 0.5) is 4.39 Å². The predicted molar refractivity (Wildman–Crippen MR) is 85.4 cm³/mol. The quantitative estimate of drug-likeness (QED) is 0.820. The molecule has 0 bridgehead atoms. The summed E-state index contributed by atoms with van der Waals surface area (Å²) >= 11 is 0. The molecule has 6 nitrogen and oxygen atoms in total. The number of sulfonamides is 1. The SMILES string of the molecule is CS(=O)(=O)c1ccc(S(=O)(=O)N2C[C@H]3CNC[C@H]3C2)cc1F.Cl. The Morgan fingerprint density at radius 2 is 1.70 bits per heavy atom. The first-order valence-corrected chi connectivity index (χ1v) is 10.2. The molecule has 3 rings (SSSR count). The average molecular weight is 385 g/mol. The Kier molecular flexibility index (Phi) is 5.08. The molecule has 2 heterocycles. The molecular weight excluding hydrogens is 367 g/mol. The fourth-order valence-electron chi connectivity index (χ4n) is 3.10. The maximum Gasteiger partial charge on any atom is 0.243 e. The zero-order valence-corrected chi connectivity index (χ0v) is 14.8. The Balaban J connectivity index is 0.00000192. The minimum atomic E-state index is -3.79. The molecule has 1 aromatic carbocycles. The molecule has 2 atom stereocenters. The van der Waals surface area contributed by atoms with Gasteiger partial charge in [-0.15, -0.1) is 12.4 Å². The van der Waals surface area contributed by atoms with E-state index in [0.717, 1.165) is 37.5 Å². The summed E-state index contributed by atoms with van der Waals surface area (Å²) in [4.78, 5) is -0.695. The maximum atomic E-state index is 13.9. The largest absolute Gasteiger partial charge is 0.316 e. The van der Waals surface area contributed by atoms with Gasteiger partial charge in [-0.2, -0.15) is 4.31 Å². The first-order chi connectivity index (χ1) is 10.2. The highest BCUT2D eigenvalue weighted by Crippen LogP contribution is 2.31. The molecular formula is C13H18ClFN2O4S2. The van der Waals surface area contributed by atoms with Crippen LogP contribution in [0.5, 0.6) is 0 Å². The molecule has 2 saturated heterocycles. The van der Waals surface area contributed by atoms with Gasteiger partial charge in [-0.05, 0) is 43.1 Å². The highest BCUT2D eigenvalue weighted by Gasteiger charge is 2.41. The van der Waals surface area contributed by atoms with Crippen LogP contribution in [0.15, 0.2) is 28.0 Å². The van der Waals surface area contributed by atoms with E-state index in [2.05, 4.69) is 5.32 Å². The molecule has 0 spiro atoms. The number of hydrogen-bond acceptors (Lipinski definition) is 5. The summed E-state index contributed by atoms with van der Waals surface area (Å²) in [6.07, 6.45) is 0.883. The third-order valence-electron chi connectivity index (χ3n) is 4.30. The van der Waals surface area contributed by atoms with Gasteiger partial charge in [-0.25, -0.2) is 21.2 Å². The second-order valence-electron chi connectivity index (χ2n) is 5.86. The van der Waals surface area contributed by atoms with Crippen molar-refractivity contribution in [2.75, 3.05) is 32.4 Å². The summed E-state index contributed by atoms with van der Waals surface area (Å²) in [7, 11) is -7.51. The lowest BCUT2D eigenvalue weighted by Gasteiger charge is -2.17. The average Bonchev–Trinajstić information content (AvgIpc) is 2.97. The normalized spacial score (nSPS) is 25.1. The van der Waals surface area contributed by atoms with E-state index in [1.165, 1.54) is 4.31 Å². The molecule has 1 aromatic rings. The molecule has 0 aromatic heterocycles. The number of nitrogens with one attached hydrogen (secondary N) is 1. The molecule has 0 aliphatic carbocycles. The van der Waals surface area contributed by atoms with Crippen LogP contribution < -0.4 is 5.32 Å². The Hall–Kier alpha value is -0.740. The Bertz CT molecular complexity index is 801. The first-order valence-electron chi connectivity index (χ1n) is 6.90. The van der Waals surface area contributed by atoms with Crippen LogP contribution in [0.3, 0.4) is 0 Å².